The Morgan fingerprint density at radius 1 is 0.962 bits per heavy atom. The van der Waals surface area contributed by atoms with Crippen molar-refractivity contribution in [3.8, 4) is 0 Å². The number of hydrogen-bond donors (Lipinski definition) is 5. The third-order valence-electron chi connectivity index (χ3n) is 9.12. The molecule has 0 saturated carbocycles. The van der Waals surface area contributed by atoms with Crippen LogP contribution in [0.25, 0.3) is 0 Å². The molecule has 0 aromatic rings. The molecule has 1 heterocycles. The highest BCUT2D eigenvalue weighted by Crippen LogP contribution is 2.30. The van der Waals surface area contributed by atoms with Crippen molar-refractivity contribution >= 4 is 23.6 Å². The molecular formula is C38H62N6O8. The van der Waals surface area contributed by atoms with E-state index in [0.717, 1.165) is 19.5 Å². The Morgan fingerprint density at radius 3 is 2.10 bits per heavy atom. The molecule has 2 amide bonds. The van der Waals surface area contributed by atoms with Gasteiger partial charge in [0.25, 0.3) is 5.91 Å². The average Bonchev–Trinajstić information content (AvgIpc) is 3.07. The van der Waals surface area contributed by atoms with Crippen molar-refractivity contribution in [1.29, 1.82) is 0 Å². The minimum atomic E-state index is -1.000. The third-order valence-corrected chi connectivity index (χ3v) is 9.12. The maximum absolute atomic E-state index is 14.5. The number of fused-ring (bicyclic) bond motifs is 2. The first kappa shape index (κ1) is 44.3. The number of methoxy groups -OCH3 is 2. The van der Waals surface area contributed by atoms with Crippen LogP contribution in [0.5, 0.6) is 0 Å². The Hall–Kier alpha value is -3.82. The lowest BCUT2D eigenvalue weighted by Crippen LogP contribution is -2.43. The quantitative estimate of drug-likeness (QED) is 0.106. The molecule has 0 unspecified atom stereocenters. The number of carbonyl (C=O) groups excluding carboxylic acids is 4. The molecule has 0 radical (unpaired) electrons. The van der Waals surface area contributed by atoms with Crippen LogP contribution in [0.3, 0.4) is 0 Å². The summed E-state index contributed by atoms with van der Waals surface area (Å²) in [6, 6.07) is 0. The lowest BCUT2D eigenvalue weighted by Gasteiger charge is -2.30. The number of amides is 2. The molecule has 1 aliphatic carbocycles. The van der Waals surface area contributed by atoms with Crippen LogP contribution in [0.1, 0.15) is 53.4 Å². The van der Waals surface area contributed by atoms with Crippen molar-refractivity contribution < 1.29 is 38.5 Å². The summed E-state index contributed by atoms with van der Waals surface area (Å²) in [5.74, 6) is -2.12. The molecule has 0 fully saturated rings. The zero-order chi connectivity index (χ0) is 39.1. The monoisotopic (exact) mass is 730 g/mol. The van der Waals surface area contributed by atoms with Crippen LogP contribution in [0.2, 0.25) is 0 Å². The second-order valence-electron chi connectivity index (χ2n) is 14.3. The largest absolute Gasteiger partial charge is 0.439 e. The normalized spacial score (nSPS) is 28.3. The van der Waals surface area contributed by atoms with Crippen LogP contribution in [0, 0.1) is 11.8 Å². The number of aliphatic hydroxyl groups is 1. The van der Waals surface area contributed by atoms with E-state index in [1.807, 2.05) is 51.8 Å². The smallest absolute Gasteiger partial charge is 0.405 e. The highest BCUT2D eigenvalue weighted by Gasteiger charge is 2.37. The predicted molar refractivity (Wildman–Crippen MR) is 201 cm³/mol. The summed E-state index contributed by atoms with van der Waals surface area (Å²) in [6.45, 7) is 9.46. The molecule has 14 nitrogen and oxygen atoms in total. The third kappa shape index (κ3) is 13.3. The van der Waals surface area contributed by atoms with E-state index < -0.39 is 53.9 Å². The fourth-order valence-electron chi connectivity index (χ4n) is 6.24. The van der Waals surface area contributed by atoms with Crippen LogP contribution in [0.4, 0.5) is 4.79 Å². The van der Waals surface area contributed by atoms with E-state index in [9.17, 15) is 24.3 Å². The van der Waals surface area contributed by atoms with Gasteiger partial charge >= 0.3 is 6.09 Å². The minimum Gasteiger partial charge on any atom is -0.439 e. The summed E-state index contributed by atoms with van der Waals surface area (Å²) in [7, 11) is 10.8. The number of carbonyl (C=O) groups is 4. The molecule has 0 spiro atoms. The Morgan fingerprint density at radius 2 is 1.56 bits per heavy atom. The van der Waals surface area contributed by atoms with Gasteiger partial charge in [-0.15, -0.1) is 0 Å². The van der Waals surface area contributed by atoms with Gasteiger partial charge in [0.1, 0.15) is 17.5 Å². The van der Waals surface area contributed by atoms with E-state index in [4.69, 9.17) is 19.9 Å². The number of primary amides is 1. The molecule has 2 bridgehead atoms. The Bertz CT molecular complexity index is 1420. The second-order valence-corrected chi connectivity index (χ2v) is 14.3. The predicted octanol–water partition coefficient (Wildman–Crippen LogP) is 2.17. The molecule has 2 rings (SSSR count). The van der Waals surface area contributed by atoms with E-state index in [1.165, 1.54) is 20.3 Å². The van der Waals surface area contributed by atoms with Crippen LogP contribution in [-0.2, 0) is 28.6 Å². The molecule has 2 aliphatic rings. The Labute approximate surface area is 309 Å². The van der Waals surface area contributed by atoms with Gasteiger partial charge in [-0.1, -0.05) is 38.2 Å². The first-order valence-electron chi connectivity index (χ1n) is 17.9. The highest BCUT2D eigenvalue weighted by atomic mass is 16.6. The van der Waals surface area contributed by atoms with Gasteiger partial charge in [0, 0.05) is 44.4 Å². The standard InChI is InChI=1S/C38H62N6O8/c1-23-20-27-30(40-16-12-18-43(5)6)35(47)31(41-17-13-19-44(7)8)32(34(27)46)42-37(48)24(2)14-11-15-28(50-9)36(52-38(39)49)26(4)22-25(3)33(45)29(21-23)51-10/h11,14-15,22-23,25,28-29,33,36,40-41,45H,12-13,16-21H2,1-10H3,(H2,39,49)(H,42,48)/b15-11+,24-14-,26-22+/t23-,25+,28+,29+,33-,36+/m1/s1. The molecule has 6 atom stereocenters. The first-order valence-corrected chi connectivity index (χ1v) is 17.9. The van der Waals surface area contributed by atoms with Gasteiger partial charge in [-0.05, 0) is 92.3 Å². The number of ether oxygens (including phenoxy) is 3. The lowest BCUT2D eigenvalue weighted by molar-refractivity contribution is -0.120. The van der Waals surface area contributed by atoms with Gasteiger partial charge in [0.2, 0.25) is 11.6 Å². The Balaban J connectivity index is 2.73. The van der Waals surface area contributed by atoms with Crippen LogP contribution in [-0.4, -0.2) is 131 Å². The summed E-state index contributed by atoms with van der Waals surface area (Å²) in [4.78, 5) is 58.3. The lowest BCUT2D eigenvalue weighted by atomic mass is 9.84. The number of rotatable bonds is 13. The van der Waals surface area contributed by atoms with Gasteiger partial charge < -0.3 is 50.8 Å². The molecular weight excluding hydrogens is 668 g/mol. The van der Waals surface area contributed by atoms with E-state index in [-0.39, 0.29) is 40.6 Å². The van der Waals surface area contributed by atoms with Gasteiger partial charge in [0.15, 0.2) is 6.10 Å². The molecule has 14 heteroatoms. The number of nitrogens with zero attached hydrogens (tertiary/aromatic N) is 2. The molecule has 292 valence electrons. The Kier molecular flexibility index (Phi) is 18.5. The van der Waals surface area contributed by atoms with Crippen molar-refractivity contribution in [2.75, 3.05) is 68.6 Å². The number of Topliss-reactive ketones (excluding diaryl/α,β-unsaturated/α-hetero) is 2. The molecule has 1 aliphatic heterocycles. The van der Waals surface area contributed by atoms with Crippen LogP contribution >= 0.6 is 0 Å². The number of nitrogens with two attached hydrogens (primary N) is 1. The van der Waals surface area contributed by atoms with Crippen molar-refractivity contribution in [3.63, 3.8) is 0 Å². The van der Waals surface area contributed by atoms with Gasteiger partial charge in [-0.2, -0.15) is 0 Å². The van der Waals surface area contributed by atoms with Crippen molar-refractivity contribution in [1.82, 2.24) is 25.8 Å². The summed E-state index contributed by atoms with van der Waals surface area (Å²) >= 11 is 0. The molecule has 0 saturated heterocycles. The van der Waals surface area contributed by atoms with Crippen molar-refractivity contribution in [3.05, 3.63) is 58.1 Å². The number of hydrogen-bond acceptors (Lipinski definition) is 12. The molecule has 0 aromatic heterocycles. The van der Waals surface area contributed by atoms with Crippen LogP contribution < -0.4 is 21.7 Å². The number of aliphatic hydroxyl groups excluding tert-OH is 1. The second kappa shape index (κ2) is 21.6. The van der Waals surface area contributed by atoms with Crippen molar-refractivity contribution in [2.45, 2.75) is 77.8 Å². The molecule has 0 aromatic carbocycles. The first-order chi connectivity index (χ1) is 24.5. The maximum Gasteiger partial charge on any atom is 0.405 e. The zero-order valence-electron chi connectivity index (χ0n) is 32.7. The molecule has 52 heavy (non-hydrogen) atoms. The fourth-order valence-corrected chi connectivity index (χ4v) is 6.24. The number of nitrogens with one attached hydrogen (secondary N) is 3. The molecule has 6 N–H and O–H groups in total. The van der Waals surface area contributed by atoms with E-state index >= 15 is 0 Å². The summed E-state index contributed by atoms with van der Waals surface area (Å²) in [5, 5.41) is 20.6. The summed E-state index contributed by atoms with van der Waals surface area (Å²) < 4.78 is 16.8. The van der Waals surface area contributed by atoms with Gasteiger partial charge in [-0.3, -0.25) is 14.4 Å². The maximum atomic E-state index is 14.5. The van der Waals surface area contributed by atoms with E-state index in [0.29, 0.717) is 31.5 Å². The summed E-state index contributed by atoms with van der Waals surface area (Å²) in [5.41, 5.74) is 6.64. The minimum absolute atomic E-state index is 0.0318. The summed E-state index contributed by atoms with van der Waals surface area (Å²) in [6.07, 6.45) is 4.10. The highest BCUT2D eigenvalue weighted by molar-refractivity contribution is 6.25. The average molecular weight is 731 g/mol. The topological polar surface area (TPSA) is 185 Å². The number of allylic oxidation sites excluding steroid dienone is 3. The number of ketones is 2. The fraction of sp³-hybridized carbons (Fsp3) is 0.632. The van der Waals surface area contributed by atoms with Crippen molar-refractivity contribution in [2.24, 2.45) is 17.6 Å². The van der Waals surface area contributed by atoms with Crippen LogP contribution in [0.15, 0.2) is 58.1 Å². The van der Waals surface area contributed by atoms with Gasteiger partial charge in [0.05, 0.1) is 17.9 Å². The van der Waals surface area contributed by atoms with E-state index in [1.54, 1.807) is 32.1 Å². The van der Waals surface area contributed by atoms with E-state index in [2.05, 4.69) is 16.0 Å². The SMILES string of the molecule is CO[C@H]1/C=C/C=C(/C)C(=O)NC2=C(NCCCN(C)C)C(=O)C(NCCCN(C)C)=C(C[C@@H](C)C[C@H](OC)[C@H](O)[C@@H](C)/C=C(\C)[C@@H]1OC(N)=O)C2=O. The zero-order valence-corrected chi connectivity index (χ0v) is 32.7. The van der Waals surface area contributed by atoms with Gasteiger partial charge in [-0.25, -0.2) is 4.79 Å².